The molecule has 1 saturated heterocycles. The van der Waals surface area contributed by atoms with Crippen molar-refractivity contribution in [2.24, 2.45) is 5.92 Å². The molecule has 0 aromatic heterocycles. The second kappa shape index (κ2) is 10.7. The lowest BCUT2D eigenvalue weighted by molar-refractivity contribution is -0.121. The second-order valence-electron chi connectivity index (χ2n) is 9.50. The summed E-state index contributed by atoms with van der Waals surface area (Å²) in [6.07, 6.45) is 7.55. The van der Waals surface area contributed by atoms with Gasteiger partial charge < -0.3 is 15.0 Å². The highest BCUT2D eigenvalue weighted by molar-refractivity contribution is 6.30. The maximum atomic E-state index is 13.3. The molecule has 1 aliphatic carbocycles. The number of likely N-dealkylation sites (tertiary alicyclic amines) is 1. The van der Waals surface area contributed by atoms with E-state index in [1.807, 2.05) is 48.5 Å². The van der Waals surface area contributed by atoms with Gasteiger partial charge in [0.05, 0.1) is 12.0 Å². The van der Waals surface area contributed by atoms with E-state index in [4.69, 9.17) is 16.3 Å². The minimum atomic E-state index is -0.466. The van der Waals surface area contributed by atoms with E-state index in [0.717, 1.165) is 68.2 Å². The van der Waals surface area contributed by atoms with Crippen molar-refractivity contribution in [1.29, 1.82) is 0 Å². The molecule has 1 heterocycles. The average Bonchev–Trinajstić information content (AvgIpc) is 3.31. The first-order valence-corrected chi connectivity index (χ1v) is 12.5. The summed E-state index contributed by atoms with van der Waals surface area (Å²) in [6.45, 7) is 6.60. The molecular weight excluding hydrogens is 420 g/mol. The van der Waals surface area contributed by atoms with Crippen molar-refractivity contribution >= 4 is 23.2 Å². The Morgan fingerprint density at radius 2 is 1.72 bits per heavy atom. The fourth-order valence-corrected chi connectivity index (χ4v) is 5.17. The first kappa shape index (κ1) is 23.1. The maximum Gasteiger partial charge on any atom is 0.235 e. The zero-order valence-corrected chi connectivity index (χ0v) is 19.9. The van der Waals surface area contributed by atoms with Crippen LogP contribution >= 0.6 is 11.6 Å². The van der Waals surface area contributed by atoms with E-state index in [1.54, 1.807) is 0 Å². The second-order valence-corrected chi connectivity index (χ2v) is 9.94. The molecule has 1 N–H and O–H groups in total. The molecule has 32 heavy (non-hydrogen) atoms. The zero-order valence-electron chi connectivity index (χ0n) is 19.1. The third kappa shape index (κ3) is 5.65. The van der Waals surface area contributed by atoms with Gasteiger partial charge in [-0.2, -0.15) is 0 Å². The number of anilines is 1. The predicted octanol–water partition coefficient (Wildman–Crippen LogP) is 6.29. The van der Waals surface area contributed by atoms with E-state index in [9.17, 15) is 4.79 Å². The monoisotopic (exact) mass is 454 g/mol. The quantitative estimate of drug-likeness (QED) is 0.476. The Hall–Kier alpha value is -2.04. The molecule has 0 atom stereocenters. The van der Waals surface area contributed by atoms with Crippen LogP contribution in [0.5, 0.6) is 5.75 Å². The van der Waals surface area contributed by atoms with Crippen LogP contribution in [0.1, 0.15) is 57.4 Å². The number of nitrogens with zero attached hydrogens (tertiary/aromatic N) is 1. The molecule has 1 saturated carbocycles. The number of ether oxygens (including phenoxy) is 1. The molecule has 4 nitrogen and oxygen atoms in total. The van der Waals surface area contributed by atoms with Gasteiger partial charge in [-0.15, -0.1) is 0 Å². The number of hydrogen-bond acceptors (Lipinski definition) is 3. The Kier molecular flexibility index (Phi) is 7.75. The van der Waals surface area contributed by atoms with Gasteiger partial charge in [0, 0.05) is 17.3 Å². The van der Waals surface area contributed by atoms with Gasteiger partial charge in [-0.25, -0.2) is 0 Å². The van der Waals surface area contributed by atoms with Gasteiger partial charge in [-0.1, -0.05) is 43.5 Å². The molecule has 2 aromatic rings. The van der Waals surface area contributed by atoms with Gasteiger partial charge in [0.2, 0.25) is 5.91 Å². The highest BCUT2D eigenvalue weighted by Gasteiger charge is 2.42. The lowest BCUT2D eigenvalue weighted by Gasteiger charge is -2.30. The smallest absolute Gasteiger partial charge is 0.235 e. The van der Waals surface area contributed by atoms with Crippen LogP contribution in [0.2, 0.25) is 5.02 Å². The first-order chi connectivity index (χ1) is 15.5. The van der Waals surface area contributed by atoms with Gasteiger partial charge in [0.1, 0.15) is 5.75 Å². The van der Waals surface area contributed by atoms with E-state index < -0.39 is 5.41 Å². The van der Waals surface area contributed by atoms with Gasteiger partial charge in [-0.05, 0) is 93.1 Å². The summed E-state index contributed by atoms with van der Waals surface area (Å²) in [7, 11) is 0. The fraction of sp³-hybridized carbons (Fsp3) is 0.519. The Morgan fingerprint density at radius 1 is 1.06 bits per heavy atom. The van der Waals surface area contributed by atoms with Crippen LogP contribution < -0.4 is 10.1 Å². The van der Waals surface area contributed by atoms with Gasteiger partial charge in [0.15, 0.2) is 0 Å². The minimum absolute atomic E-state index is 0.0711. The summed E-state index contributed by atoms with van der Waals surface area (Å²) in [5.74, 6) is 1.79. The van der Waals surface area contributed by atoms with Crippen LogP contribution in [0.3, 0.4) is 0 Å². The standard InChI is InChI=1S/C27H35ClN2O2/c1-21-13-18-30(19-14-21)17-4-20-32-25-11-9-24(10-12-25)29-26(31)27(15-2-3-16-27)22-5-7-23(28)8-6-22/h5-12,21H,2-4,13-20H2,1H3,(H,29,31). The van der Waals surface area contributed by atoms with Crippen LogP contribution in [0.4, 0.5) is 5.69 Å². The van der Waals surface area contributed by atoms with E-state index >= 15 is 0 Å². The van der Waals surface area contributed by atoms with E-state index in [-0.39, 0.29) is 5.91 Å². The molecule has 4 rings (SSSR count). The summed E-state index contributed by atoms with van der Waals surface area (Å²) >= 11 is 6.06. The van der Waals surface area contributed by atoms with Crippen molar-refractivity contribution in [3.05, 3.63) is 59.1 Å². The molecule has 0 bridgehead atoms. The average molecular weight is 455 g/mol. The number of carbonyl (C=O) groups is 1. The highest BCUT2D eigenvalue weighted by atomic mass is 35.5. The Labute approximate surface area is 197 Å². The molecule has 5 heteroatoms. The third-order valence-electron chi connectivity index (χ3n) is 7.16. The number of benzene rings is 2. The Balaban J connectivity index is 1.28. The van der Waals surface area contributed by atoms with E-state index in [0.29, 0.717) is 5.02 Å². The van der Waals surface area contributed by atoms with Crippen LogP contribution in [-0.2, 0) is 10.2 Å². The lowest BCUT2D eigenvalue weighted by atomic mass is 9.78. The number of amides is 1. The largest absolute Gasteiger partial charge is 0.494 e. The summed E-state index contributed by atoms with van der Waals surface area (Å²) in [5, 5.41) is 3.84. The lowest BCUT2D eigenvalue weighted by Crippen LogP contribution is -2.37. The number of nitrogens with one attached hydrogen (secondary N) is 1. The van der Waals surface area contributed by atoms with Crippen molar-refractivity contribution in [2.45, 2.75) is 57.3 Å². The number of rotatable bonds is 8. The minimum Gasteiger partial charge on any atom is -0.494 e. The summed E-state index contributed by atoms with van der Waals surface area (Å²) < 4.78 is 5.93. The van der Waals surface area contributed by atoms with Crippen molar-refractivity contribution in [3.63, 3.8) is 0 Å². The molecule has 172 valence electrons. The molecule has 0 radical (unpaired) electrons. The molecule has 2 aromatic carbocycles. The van der Waals surface area contributed by atoms with Gasteiger partial charge in [-0.3, -0.25) is 4.79 Å². The molecular formula is C27H35ClN2O2. The SMILES string of the molecule is CC1CCN(CCCOc2ccc(NC(=O)C3(c4ccc(Cl)cc4)CCCC3)cc2)CC1. The summed E-state index contributed by atoms with van der Waals surface area (Å²) in [6, 6.07) is 15.5. The summed E-state index contributed by atoms with van der Waals surface area (Å²) in [5.41, 5.74) is 1.40. The Morgan fingerprint density at radius 3 is 2.38 bits per heavy atom. The molecule has 0 unspecified atom stereocenters. The number of hydrogen-bond donors (Lipinski definition) is 1. The molecule has 0 spiro atoms. The van der Waals surface area contributed by atoms with Crippen molar-refractivity contribution in [2.75, 3.05) is 31.6 Å². The third-order valence-corrected chi connectivity index (χ3v) is 7.42. The number of carbonyl (C=O) groups excluding carboxylic acids is 1. The van der Waals surface area contributed by atoms with Crippen molar-refractivity contribution < 1.29 is 9.53 Å². The predicted molar refractivity (Wildman–Crippen MR) is 132 cm³/mol. The molecule has 1 aliphatic heterocycles. The zero-order chi connectivity index (χ0) is 22.4. The van der Waals surface area contributed by atoms with Gasteiger partial charge >= 0.3 is 0 Å². The molecule has 2 fully saturated rings. The number of halogens is 1. The van der Waals surface area contributed by atoms with Crippen LogP contribution in [-0.4, -0.2) is 37.0 Å². The highest BCUT2D eigenvalue weighted by Crippen LogP contribution is 2.42. The molecule has 2 aliphatic rings. The van der Waals surface area contributed by atoms with Gasteiger partial charge in [0.25, 0.3) is 0 Å². The van der Waals surface area contributed by atoms with Crippen molar-refractivity contribution in [1.82, 2.24) is 4.90 Å². The first-order valence-electron chi connectivity index (χ1n) is 12.1. The van der Waals surface area contributed by atoms with Crippen LogP contribution in [0.25, 0.3) is 0 Å². The normalized spacial score (nSPS) is 19.1. The molecule has 1 amide bonds. The van der Waals surface area contributed by atoms with E-state index in [2.05, 4.69) is 17.1 Å². The fourth-order valence-electron chi connectivity index (χ4n) is 5.04. The number of piperidine rings is 1. The van der Waals surface area contributed by atoms with Crippen LogP contribution in [0.15, 0.2) is 48.5 Å². The topological polar surface area (TPSA) is 41.6 Å². The maximum absolute atomic E-state index is 13.3. The summed E-state index contributed by atoms with van der Waals surface area (Å²) in [4.78, 5) is 15.9. The van der Waals surface area contributed by atoms with E-state index in [1.165, 1.54) is 25.9 Å². The van der Waals surface area contributed by atoms with Crippen LogP contribution in [0, 0.1) is 5.92 Å². The van der Waals surface area contributed by atoms with Crippen molar-refractivity contribution in [3.8, 4) is 5.75 Å². The Bertz CT molecular complexity index is 868.